The molecular formula is C16H20F3N5O. The summed E-state index contributed by atoms with van der Waals surface area (Å²) in [6, 6.07) is 4.48. The fourth-order valence-corrected chi connectivity index (χ4v) is 2.32. The number of halogens is 3. The molecule has 0 fully saturated rings. The van der Waals surface area contributed by atoms with Crippen LogP contribution in [0, 0.1) is 0 Å². The molecule has 1 atom stereocenters. The second-order valence-electron chi connectivity index (χ2n) is 5.73. The van der Waals surface area contributed by atoms with E-state index in [4.69, 9.17) is 5.73 Å². The number of nitrogens with two attached hydrogens (primary N) is 1. The Labute approximate surface area is 143 Å². The Kier molecular flexibility index (Phi) is 5.46. The number of primary amides is 1. The number of nitrogens with zero attached hydrogens (tertiary/aromatic N) is 4. The van der Waals surface area contributed by atoms with Crippen molar-refractivity contribution in [2.45, 2.75) is 32.5 Å². The number of amides is 1. The predicted molar refractivity (Wildman–Crippen MR) is 86.0 cm³/mol. The molecular weight excluding hydrogens is 335 g/mol. The van der Waals surface area contributed by atoms with Crippen LogP contribution >= 0.6 is 0 Å². The van der Waals surface area contributed by atoms with Crippen LogP contribution < -0.4 is 5.73 Å². The first-order valence-corrected chi connectivity index (χ1v) is 7.75. The van der Waals surface area contributed by atoms with E-state index in [1.165, 1.54) is 16.8 Å². The summed E-state index contributed by atoms with van der Waals surface area (Å²) < 4.78 is 39.7. The maximum absolute atomic E-state index is 12.7. The fraction of sp³-hybridized carbons (Fsp3) is 0.438. The maximum atomic E-state index is 12.7. The lowest BCUT2D eigenvalue weighted by atomic mass is 10.2. The number of rotatable bonds is 6. The highest BCUT2D eigenvalue weighted by Gasteiger charge is 2.30. The quantitative estimate of drug-likeness (QED) is 0.863. The molecule has 1 aromatic heterocycles. The average molecular weight is 355 g/mol. The Morgan fingerprint density at radius 2 is 1.92 bits per heavy atom. The Morgan fingerprint density at radius 3 is 2.40 bits per heavy atom. The van der Waals surface area contributed by atoms with E-state index in [2.05, 4.69) is 10.1 Å². The van der Waals surface area contributed by atoms with Gasteiger partial charge in [0.1, 0.15) is 5.82 Å². The molecule has 0 bridgehead atoms. The standard InChI is InChI=1S/C16H20F3N5O/c1-4-23(3)10(2)15-21-14(9-13(20)25)22-24(15)12-7-5-11(6-8-12)16(17,18)19/h5-8,10H,4,9H2,1-3H3,(H2,20,25). The Balaban J connectivity index is 2.47. The van der Waals surface area contributed by atoms with Crippen molar-refractivity contribution in [3.8, 4) is 5.69 Å². The second-order valence-corrected chi connectivity index (χ2v) is 5.73. The first kappa shape index (κ1) is 18.9. The molecule has 0 aliphatic carbocycles. The molecule has 0 aliphatic rings. The number of carbonyl (C=O) groups excluding carboxylic acids is 1. The van der Waals surface area contributed by atoms with Gasteiger partial charge in [0.15, 0.2) is 5.82 Å². The molecule has 136 valence electrons. The summed E-state index contributed by atoms with van der Waals surface area (Å²) in [4.78, 5) is 17.5. The second kappa shape index (κ2) is 7.22. The molecule has 6 nitrogen and oxygen atoms in total. The van der Waals surface area contributed by atoms with Crippen molar-refractivity contribution < 1.29 is 18.0 Å². The summed E-state index contributed by atoms with van der Waals surface area (Å²) in [5, 5.41) is 4.25. The molecule has 2 aromatic rings. The molecule has 1 aromatic carbocycles. The summed E-state index contributed by atoms with van der Waals surface area (Å²) in [5.74, 6) is 0.187. The molecule has 0 saturated carbocycles. The molecule has 0 spiro atoms. The van der Waals surface area contributed by atoms with Gasteiger partial charge in [-0.3, -0.25) is 9.69 Å². The normalized spacial score (nSPS) is 13.2. The van der Waals surface area contributed by atoms with Gasteiger partial charge in [-0.15, -0.1) is 0 Å². The van der Waals surface area contributed by atoms with Crippen molar-refractivity contribution in [2.75, 3.05) is 13.6 Å². The van der Waals surface area contributed by atoms with E-state index < -0.39 is 17.6 Å². The van der Waals surface area contributed by atoms with Crippen molar-refractivity contribution in [1.82, 2.24) is 19.7 Å². The van der Waals surface area contributed by atoms with Crippen molar-refractivity contribution in [2.24, 2.45) is 5.73 Å². The molecule has 0 saturated heterocycles. The minimum Gasteiger partial charge on any atom is -0.369 e. The average Bonchev–Trinajstić information content (AvgIpc) is 2.95. The van der Waals surface area contributed by atoms with E-state index in [9.17, 15) is 18.0 Å². The highest BCUT2D eigenvalue weighted by Crippen LogP contribution is 2.30. The zero-order chi connectivity index (χ0) is 18.8. The summed E-state index contributed by atoms with van der Waals surface area (Å²) >= 11 is 0. The van der Waals surface area contributed by atoms with E-state index in [1.54, 1.807) is 0 Å². The summed E-state index contributed by atoms with van der Waals surface area (Å²) in [6.07, 6.45) is -4.54. The zero-order valence-electron chi connectivity index (χ0n) is 14.2. The van der Waals surface area contributed by atoms with E-state index in [-0.39, 0.29) is 18.3 Å². The topological polar surface area (TPSA) is 77.0 Å². The van der Waals surface area contributed by atoms with Crippen molar-refractivity contribution >= 4 is 5.91 Å². The molecule has 25 heavy (non-hydrogen) atoms. The third-order valence-corrected chi connectivity index (χ3v) is 3.98. The van der Waals surface area contributed by atoms with Crippen LogP contribution in [0.4, 0.5) is 13.2 Å². The molecule has 1 amide bonds. The fourth-order valence-electron chi connectivity index (χ4n) is 2.32. The van der Waals surface area contributed by atoms with E-state index in [1.807, 2.05) is 25.8 Å². The highest BCUT2D eigenvalue weighted by atomic mass is 19.4. The number of aromatic nitrogens is 3. The van der Waals surface area contributed by atoms with Gasteiger partial charge in [-0.2, -0.15) is 18.3 Å². The minimum absolute atomic E-state index is 0.136. The van der Waals surface area contributed by atoms with E-state index in [0.717, 1.165) is 18.7 Å². The molecule has 1 heterocycles. The van der Waals surface area contributed by atoms with E-state index in [0.29, 0.717) is 11.5 Å². The largest absolute Gasteiger partial charge is 0.416 e. The van der Waals surface area contributed by atoms with Crippen molar-refractivity contribution in [3.05, 3.63) is 41.5 Å². The Morgan fingerprint density at radius 1 is 1.32 bits per heavy atom. The Hall–Kier alpha value is -2.42. The Bertz CT molecular complexity index is 739. The van der Waals surface area contributed by atoms with Gasteiger partial charge in [-0.25, -0.2) is 9.67 Å². The lowest BCUT2D eigenvalue weighted by Gasteiger charge is -2.22. The van der Waals surface area contributed by atoms with Gasteiger partial charge in [-0.05, 0) is 44.8 Å². The SMILES string of the molecule is CCN(C)C(C)c1nc(CC(N)=O)nn1-c1ccc(C(F)(F)F)cc1. The van der Waals surface area contributed by atoms with Gasteiger partial charge < -0.3 is 5.73 Å². The first-order valence-electron chi connectivity index (χ1n) is 7.75. The first-order chi connectivity index (χ1) is 11.6. The monoisotopic (exact) mass is 355 g/mol. The maximum Gasteiger partial charge on any atom is 0.416 e. The number of benzene rings is 1. The van der Waals surface area contributed by atoms with Crippen LogP contribution in [0.2, 0.25) is 0 Å². The van der Waals surface area contributed by atoms with Crippen LogP contribution in [-0.4, -0.2) is 39.2 Å². The van der Waals surface area contributed by atoms with Gasteiger partial charge in [0.05, 0.1) is 23.7 Å². The number of carbonyl (C=O) groups is 1. The predicted octanol–water partition coefficient (Wildman–Crippen LogP) is 2.33. The number of hydrogen-bond acceptors (Lipinski definition) is 4. The van der Waals surface area contributed by atoms with Crippen LogP contribution in [0.3, 0.4) is 0 Å². The van der Waals surface area contributed by atoms with Gasteiger partial charge >= 0.3 is 6.18 Å². The summed E-state index contributed by atoms with van der Waals surface area (Å²) in [6.45, 7) is 4.62. The summed E-state index contributed by atoms with van der Waals surface area (Å²) in [5.41, 5.74) is 4.88. The minimum atomic E-state index is -4.41. The third kappa shape index (κ3) is 4.36. The van der Waals surface area contributed by atoms with Crippen LogP contribution in [0.1, 0.15) is 37.1 Å². The number of alkyl halides is 3. The number of hydrogen-bond donors (Lipinski definition) is 1. The zero-order valence-corrected chi connectivity index (χ0v) is 14.2. The van der Waals surface area contributed by atoms with Crippen LogP contribution in [-0.2, 0) is 17.4 Å². The molecule has 2 N–H and O–H groups in total. The van der Waals surface area contributed by atoms with Crippen molar-refractivity contribution in [3.63, 3.8) is 0 Å². The van der Waals surface area contributed by atoms with Gasteiger partial charge in [0.2, 0.25) is 5.91 Å². The molecule has 2 rings (SSSR count). The van der Waals surface area contributed by atoms with Crippen LogP contribution in [0.25, 0.3) is 5.69 Å². The molecule has 0 aliphatic heterocycles. The van der Waals surface area contributed by atoms with E-state index >= 15 is 0 Å². The lowest BCUT2D eigenvalue weighted by Crippen LogP contribution is -2.24. The van der Waals surface area contributed by atoms with Gasteiger partial charge in [-0.1, -0.05) is 6.92 Å². The van der Waals surface area contributed by atoms with Crippen LogP contribution in [0.15, 0.2) is 24.3 Å². The lowest BCUT2D eigenvalue weighted by molar-refractivity contribution is -0.137. The highest BCUT2D eigenvalue weighted by molar-refractivity contribution is 5.75. The smallest absolute Gasteiger partial charge is 0.369 e. The van der Waals surface area contributed by atoms with Gasteiger partial charge in [0.25, 0.3) is 0 Å². The summed E-state index contributed by atoms with van der Waals surface area (Å²) in [7, 11) is 1.89. The van der Waals surface area contributed by atoms with Crippen LogP contribution in [0.5, 0.6) is 0 Å². The molecule has 1 unspecified atom stereocenters. The van der Waals surface area contributed by atoms with Crippen molar-refractivity contribution in [1.29, 1.82) is 0 Å². The third-order valence-electron chi connectivity index (χ3n) is 3.98. The van der Waals surface area contributed by atoms with Gasteiger partial charge in [0, 0.05) is 0 Å². The molecule has 0 radical (unpaired) electrons. The molecule has 9 heteroatoms.